The molecule has 1 atom stereocenters. The van der Waals surface area contributed by atoms with E-state index in [1.165, 1.54) is 19.2 Å². The van der Waals surface area contributed by atoms with Crippen molar-refractivity contribution in [1.82, 2.24) is 5.32 Å². The van der Waals surface area contributed by atoms with Crippen LogP contribution in [0.5, 0.6) is 0 Å². The molecular formula is C12H15ClFNO2. The van der Waals surface area contributed by atoms with Gasteiger partial charge in [0, 0.05) is 11.6 Å². The van der Waals surface area contributed by atoms with E-state index in [1.807, 2.05) is 13.8 Å². The molecule has 0 aliphatic heterocycles. The third-order valence-electron chi connectivity index (χ3n) is 2.23. The Morgan fingerprint density at radius 1 is 1.47 bits per heavy atom. The highest BCUT2D eigenvalue weighted by atomic mass is 35.5. The Bertz CT molecular complexity index is 409. The molecule has 0 saturated carbocycles. The van der Waals surface area contributed by atoms with Crippen LogP contribution in [0.25, 0.3) is 0 Å². The van der Waals surface area contributed by atoms with Crippen LogP contribution in [-0.4, -0.2) is 19.1 Å². The summed E-state index contributed by atoms with van der Waals surface area (Å²) in [5, 5.41) is 2.93. The molecule has 94 valence electrons. The van der Waals surface area contributed by atoms with Crippen LogP contribution < -0.4 is 5.32 Å². The molecule has 5 heteroatoms. The van der Waals surface area contributed by atoms with E-state index in [9.17, 15) is 9.18 Å². The highest BCUT2D eigenvalue weighted by molar-refractivity contribution is 6.30. The van der Waals surface area contributed by atoms with Crippen LogP contribution in [0.15, 0.2) is 18.2 Å². The van der Waals surface area contributed by atoms with Gasteiger partial charge in [0.25, 0.3) is 0 Å². The number of carbonyl (C=O) groups excluding carboxylic acids is 1. The van der Waals surface area contributed by atoms with Crippen molar-refractivity contribution >= 4 is 17.6 Å². The van der Waals surface area contributed by atoms with Crippen LogP contribution in [0.4, 0.5) is 4.39 Å². The minimum atomic E-state index is -0.848. The number of rotatable bonds is 4. The molecule has 0 heterocycles. The summed E-state index contributed by atoms with van der Waals surface area (Å²) in [5.74, 6) is -1.14. The lowest BCUT2D eigenvalue weighted by atomic mass is 10.1. The Hall–Kier alpha value is -1.13. The van der Waals surface area contributed by atoms with Gasteiger partial charge >= 0.3 is 5.97 Å². The van der Waals surface area contributed by atoms with Gasteiger partial charge < -0.3 is 4.74 Å². The number of carbonyl (C=O) groups is 1. The third kappa shape index (κ3) is 3.41. The SMILES string of the molecule is COC(=O)C(NC(C)C)c1cccc(Cl)c1F. The van der Waals surface area contributed by atoms with Gasteiger partial charge in [0.05, 0.1) is 12.1 Å². The van der Waals surface area contributed by atoms with Crippen molar-refractivity contribution in [3.8, 4) is 0 Å². The molecule has 1 aromatic carbocycles. The van der Waals surface area contributed by atoms with Crippen LogP contribution in [0.3, 0.4) is 0 Å². The summed E-state index contributed by atoms with van der Waals surface area (Å²) < 4.78 is 18.5. The average Bonchev–Trinajstić information content (AvgIpc) is 2.29. The van der Waals surface area contributed by atoms with Crippen molar-refractivity contribution in [2.24, 2.45) is 0 Å². The van der Waals surface area contributed by atoms with E-state index in [2.05, 4.69) is 10.1 Å². The predicted octanol–water partition coefficient (Wildman–Crippen LogP) is 2.69. The molecule has 0 spiro atoms. The molecule has 1 unspecified atom stereocenters. The van der Waals surface area contributed by atoms with Gasteiger partial charge in [-0.25, -0.2) is 9.18 Å². The molecule has 0 bridgehead atoms. The highest BCUT2D eigenvalue weighted by Crippen LogP contribution is 2.24. The maximum absolute atomic E-state index is 13.8. The van der Waals surface area contributed by atoms with Crippen molar-refractivity contribution < 1.29 is 13.9 Å². The van der Waals surface area contributed by atoms with Crippen molar-refractivity contribution in [2.45, 2.75) is 25.9 Å². The van der Waals surface area contributed by atoms with E-state index >= 15 is 0 Å². The molecule has 3 nitrogen and oxygen atoms in total. The number of ether oxygens (including phenoxy) is 1. The fourth-order valence-electron chi connectivity index (χ4n) is 1.48. The van der Waals surface area contributed by atoms with Crippen molar-refractivity contribution in [3.63, 3.8) is 0 Å². The average molecular weight is 260 g/mol. The van der Waals surface area contributed by atoms with Gasteiger partial charge in [-0.05, 0) is 19.9 Å². The molecule has 0 amide bonds. The van der Waals surface area contributed by atoms with Crippen molar-refractivity contribution in [2.75, 3.05) is 7.11 Å². The smallest absolute Gasteiger partial charge is 0.327 e. The van der Waals surface area contributed by atoms with Crippen LogP contribution in [0.2, 0.25) is 5.02 Å². The second-order valence-corrected chi connectivity index (χ2v) is 4.33. The fraction of sp³-hybridized carbons (Fsp3) is 0.417. The predicted molar refractivity (Wildman–Crippen MR) is 64.4 cm³/mol. The van der Waals surface area contributed by atoms with E-state index in [0.29, 0.717) is 0 Å². The normalized spacial score (nSPS) is 12.6. The molecule has 0 radical (unpaired) electrons. The monoisotopic (exact) mass is 259 g/mol. The lowest BCUT2D eigenvalue weighted by Gasteiger charge is -2.20. The molecule has 1 rings (SSSR count). The molecule has 0 aliphatic carbocycles. The van der Waals surface area contributed by atoms with Gasteiger partial charge in [0.1, 0.15) is 11.9 Å². The largest absolute Gasteiger partial charge is 0.468 e. The number of nitrogens with one attached hydrogen (secondary N) is 1. The molecular weight excluding hydrogens is 245 g/mol. The summed E-state index contributed by atoms with van der Waals surface area (Å²) in [5.41, 5.74) is 0.193. The molecule has 0 aliphatic rings. The lowest BCUT2D eigenvalue weighted by molar-refractivity contribution is -0.143. The minimum Gasteiger partial charge on any atom is -0.468 e. The van der Waals surface area contributed by atoms with Gasteiger partial charge in [-0.15, -0.1) is 0 Å². The highest BCUT2D eigenvalue weighted by Gasteiger charge is 2.25. The third-order valence-corrected chi connectivity index (χ3v) is 2.52. The Morgan fingerprint density at radius 2 is 2.12 bits per heavy atom. The molecule has 0 fully saturated rings. The van der Waals surface area contributed by atoms with Gasteiger partial charge in [-0.1, -0.05) is 23.7 Å². The van der Waals surface area contributed by atoms with E-state index in [-0.39, 0.29) is 16.6 Å². The standard InChI is InChI=1S/C12H15ClFNO2/c1-7(2)15-11(12(16)17-3)8-5-4-6-9(13)10(8)14/h4-7,11,15H,1-3H3. The first-order valence-corrected chi connectivity index (χ1v) is 5.63. The Balaban J connectivity index is 3.12. The zero-order chi connectivity index (χ0) is 13.0. The first-order valence-electron chi connectivity index (χ1n) is 5.25. The van der Waals surface area contributed by atoms with E-state index in [0.717, 1.165) is 0 Å². The quantitative estimate of drug-likeness (QED) is 0.845. The topological polar surface area (TPSA) is 38.3 Å². The summed E-state index contributed by atoms with van der Waals surface area (Å²) in [4.78, 5) is 11.6. The zero-order valence-electron chi connectivity index (χ0n) is 9.96. The van der Waals surface area contributed by atoms with Crippen LogP contribution >= 0.6 is 11.6 Å². The first kappa shape index (κ1) is 13.9. The van der Waals surface area contributed by atoms with Crippen molar-refractivity contribution in [3.05, 3.63) is 34.6 Å². The van der Waals surface area contributed by atoms with Gasteiger partial charge in [-0.3, -0.25) is 5.32 Å². The lowest BCUT2D eigenvalue weighted by Crippen LogP contribution is -2.35. The fourth-order valence-corrected chi connectivity index (χ4v) is 1.66. The maximum atomic E-state index is 13.8. The minimum absolute atomic E-state index is 0.0116. The second-order valence-electron chi connectivity index (χ2n) is 3.92. The number of esters is 1. The first-order chi connectivity index (χ1) is 7.97. The number of hydrogen-bond donors (Lipinski definition) is 1. The molecule has 0 aromatic heterocycles. The molecule has 0 saturated heterocycles. The number of hydrogen-bond acceptors (Lipinski definition) is 3. The molecule has 1 aromatic rings. The van der Waals surface area contributed by atoms with E-state index in [4.69, 9.17) is 11.6 Å². The van der Waals surface area contributed by atoms with Crippen molar-refractivity contribution in [1.29, 1.82) is 0 Å². The molecule has 17 heavy (non-hydrogen) atoms. The molecule has 1 N–H and O–H groups in total. The van der Waals surface area contributed by atoms with Gasteiger partial charge in [0.15, 0.2) is 0 Å². The Labute approximate surface area is 105 Å². The van der Waals surface area contributed by atoms with Gasteiger partial charge in [0.2, 0.25) is 0 Å². The van der Waals surface area contributed by atoms with Crippen LogP contribution in [0.1, 0.15) is 25.5 Å². The summed E-state index contributed by atoms with van der Waals surface area (Å²) >= 11 is 5.69. The van der Waals surface area contributed by atoms with Crippen LogP contribution in [-0.2, 0) is 9.53 Å². The second kappa shape index (κ2) is 5.98. The maximum Gasteiger partial charge on any atom is 0.327 e. The number of halogens is 2. The summed E-state index contributed by atoms with van der Waals surface area (Å²) in [7, 11) is 1.26. The summed E-state index contributed by atoms with van der Waals surface area (Å²) in [6.07, 6.45) is 0. The summed E-state index contributed by atoms with van der Waals surface area (Å²) in [6.45, 7) is 3.72. The van der Waals surface area contributed by atoms with E-state index in [1.54, 1.807) is 6.07 Å². The Kier molecular flexibility index (Phi) is 4.90. The van der Waals surface area contributed by atoms with Gasteiger partial charge in [-0.2, -0.15) is 0 Å². The summed E-state index contributed by atoms with van der Waals surface area (Å²) in [6, 6.07) is 3.71. The number of benzene rings is 1. The number of methoxy groups -OCH3 is 1. The van der Waals surface area contributed by atoms with Crippen LogP contribution in [0, 0.1) is 5.82 Å². The van der Waals surface area contributed by atoms with E-state index < -0.39 is 17.8 Å². The zero-order valence-corrected chi connectivity index (χ0v) is 10.7. The Morgan fingerprint density at radius 3 is 2.65 bits per heavy atom.